The first-order valence-electron chi connectivity index (χ1n) is 8.51. The number of carbonyl (C=O) groups excluding carboxylic acids is 1. The number of H-pyrrole nitrogens is 1. The number of aromatic amines is 1. The van der Waals surface area contributed by atoms with E-state index in [1.54, 1.807) is 6.20 Å². The van der Waals surface area contributed by atoms with Crippen molar-refractivity contribution in [3.8, 4) is 11.1 Å². The monoisotopic (exact) mass is 332 g/mol. The first-order valence-corrected chi connectivity index (χ1v) is 8.51. The van der Waals surface area contributed by atoms with Crippen LogP contribution in [0.3, 0.4) is 0 Å². The van der Waals surface area contributed by atoms with Gasteiger partial charge in [0, 0.05) is 42.6 Å². The number of hydrogen-bond acceptors (Lipinski definition) is 3. The molecule has 2 heterocycles. The van der Waals surface area contributed by atoms with Crippen LogP contribution in [0.25, 0.3) is 11.1 Å². The number of carbonyl (C=O) groups is 1. The van der Waals surface area contributed by atoms with E-state index >= 15 is 0 Å². The minimum Gasteiger partial charge on any atom is -0.369 e. The van der Waals surface area contributed by atoms with Crippen molar-refractivity contribution in [3.05, 3.63) is 72.1 Å². The molecule has 126 valence electrons. The van der Waals surface area contributed by atoms with Gasteiger partial charge in [-0.2, -0.15) is 5.10 Å². The molecular weight excluding hydrogens is 312 g/mol. The zero-order chi connectivity index (χ0) is 17.1. The molecule has 0 saturated heterocycles. The Labute approximate surface area is 146 Å². The second-order valence-corrected chi connectivity index (χ2v) is 6.19. The molecule has 0 fully saturated rings. The summed E-state index contributed by atoms with van der Waals surface area (Å²) in [5.74, 6) is -0.0437. The van der Waals surface area contributed by atoms with Gasteiger partial charge in [-0.3, -0.25) is 9.89 Å². The number of amides is 1. The summed E-state index contributed by atoms with van der Waals surface area (Å²) < 4.78 is 0. The topological polar surface area (TPSA) is 61.0 Å². The van der Waals surface area contributed by atoms with Gasteiger partial charge in [0.1, 0.15) is 0 Å². The summed E-state index contributed by atoms with van der Waals surface area (Å²) in [6.07, 6.45) is 4.65. The minimum atomic E-state index is -0.0437. The molecule has 1 aliphatic rings. The number of rotatable bonds is 5. The number of aromatic nitrogens is 2. The van der Waals surface area contributed by atoms with E-state index in [2.05, 4.69) is 44.7 Å². The number of anilines is 1. The number of nitrogens with zero attached hydrogens (tertiary/aromatic N) is 2. The van der Waals surface area contributed by atoms with Crippen molar-refractivity contribution in [2.75, 3.05) is 24.5 Å². The first-order chi connectivity index (χ1) is 12.3. The molecule has 3 aromatic rings. The number of benzene rings is 2. The van der Waals surface area contributed by atoms with Crippen LogP contribution in [0.15, 0.2) is 60.9 Å². The highest BCUT2D eigenvalue weighted by Gasteiger charge is 2.17. The summed E-state index contributed by atoms with van der Waals surface area (Å²) in [7, 11) is 0. The normalized spacial score (nSPS) is 12.9. The van der Waals surface area contributed by atoms with Crippen LogP contribution in [0.4, 0.5) is 5.69 Å². The zero-order valence-electron chi connectivity index (χ0n) is 13.9. The SMILES string of the molecule is O=C(NCCN1CCc2ccccc21)c1cccc(-c2cn[nH]c2)c1. The van der Waals surface area contributed by atoms with Crippen LogP contribution in [-0.2, 0) is 6.42 Å². The van der Waals surface area contributed by atoms with Gasteiger partial charge >= 0.3 is 0 Å². The minimum absolute atomic E-state index is 0.0437. The molecule has 2 aromatic carbocycles. The third-order valence-corrected chi connectivity index (χ3v) is 4.61. The Morgan fingerprint density at radius 3 is 2.96 bits per heavy atom. The molecule has 0 atom stereocenters. The molecule has 1 aromatic heterocycles. The summed E-state index contributed by atoms with van der Waals surface area (Å²) in [6.45, 7) is 2.47. The predicted octanol–water partition coefficient (Wildman–Crippen LogP) is 2.87. The molecular formula is C20H20N4O. The van der Waals surface area contributed by atoms with Gasteiger partial charge in [0.05, 0.1) is 6.20 Å². The maximum atomic E-state index is 12.4. The van der Waals surface area contributed by atoms with Crippen molar-refractivity contribution in [3.63, 3.8) is 0 Å². The van der Waals surface area contributed by atoms with Crippen molar-refractivity contribution >= 4 is 11.6 Å². The van der Waals surface area contributed by atoms with E-state index in [1.165, 1.54) is 11.3 Å². The van der Waals surface area contributed by atoms with Gasteiger partial charge in [0.15, 0.2) is 0 Å². The van der Waals surface area contributed by atoms with Gasteiger partial charge in [0.25, 0.3) is 5.91 Å². The van der Waals surface area contributed by atoms with E-state index in [9.17, 15) is 4.79 Å². The average Bonchev–Trinajstić information content (AvgIpc) is 3.32. The van der Waals surface area contributed by atoms with Crippen molar-refractivity contribution in [1.82, 2.24) is 15.5 Å². The number of nitrogens with one attached hydrogen (secondary N) is 2. The third-order valence-electron chi connectivity index (χ3n) is 4.61. The third kappa shape index (κ3) is 3.26. The van der Waals surface area contributed by atoms with Crippen LogP contribution in [0.5, 0.6) is 0 Å². The standard InChI is InChI=1S/C20H20N4O/c25-20(17-6-3-5-16(12-17)18-13-22-23-14-18)21-9-11-24-10-8-15-4-1-2-7-19(15)24/h1-7,12-14H,8-11H2,(H,21,25)(H,22,23). The second kappa shape index (κ2) is 6.81. The number of para-hydroxylation sites is 1. The Bertz CT molecular complexity index is 873. The highest BCUT2D eigenvalue weighted by Crippen LogP contribution is 2.26. The molecule has 5 nitrogen and oxygen atoms in total. The van der Waals surface area contributed by atoms with E-state index in [-0.39, 0.29) is 5.91 Å². The summed E-state index contributed by atoms with van der Waals surface area (Å²) in [5, 5.41) is 9.77. The molecule has 5 heteroatoms. The summed E-state index contributed by atoms with van der Waals surface area (Å²) in [4.78, 5) is 14.8. The quantitative estimate of drug-likeness (QED) is 0.755. The van der Waals surface area contributed by atoms with Gasteiger partial charge < -0.3 is 10.2 Å². The van der Waals surface area contributed by atoms with E-state index in [4.69, 9.17) is 0 Å². The Balaban J connectivity index is 1.36. The molecule has 2 N–H and O–H groups in total. The van der Waals surface area contributed by atoms with Crippen molar-refractivity contribution < 1.29 is 4.79 Å². The smallest absolute Gasteiger partial charge is 0.251 e. The molecule has 0 aliphatic carbocycles. The molecule has 0 bridgehead atoms. The number of hydrogen-bond donors (Lipinski definition) is 2. The fraction of sp³-hybridized carbons (Fsp3) is 0.200. The van der Waals surface area contributed by atoms with Gasteiger partial charge in [-0.05, 0) is 35.7 Å². The largest absolute Gasteiger partial charge is 0.369 e. The zero-order valence-corrected chi connectivity index (χ0v) is 13.9. The molecule has 25 heavy (non-hydrogen) atoms. The van der Waals surface area contributed by atoms with E-state index in [0.29, 0.717) is 12.1 Å². The Kier molecular flexibility index (Phi) is 4.21. The van der Waals surface area contributed by atoms with Gasteiger partial charge in [-0.1, -0.05) is 30.3 Å². The molecule has 4 rings (SSSR count). The lowest BCUT2D eigenvalue weighted by Gasteiger charge is -2.19. The predicted molar refractivity (Wildman–Crippen MR) is 98.7 cm³/mol. The van der Waals surface area contributed by atoms with Gasteiger partial charge in [0.2, 0.25) is 0 Å². The van der Waals surface area contributed by atoms with Gasteiger partial charge in [-0.15, -0.1) is 0 Å². The Hall–Kier alpha value is -3.08. The van der Waals surface area contributed by atoms with Crippen LogP contribution >= 0.6 is 0 Å². The van der Waals surface area contributed by atoms with Crippen molar-refractivity contribution in [2.45, 2.75) is 6.42 Å². The lowest BCUT2D eigenvalue weighted by atomic mass is 10.1. The van der Waals surface area contributed by atoms with Crippen LogP contribution in [0, 0.1) is 0 Å². The lowest BCUT2D eigenvalue weighted by molar-refractivity contribution is 0.0954. The molecule has 0 saturated carbocycles. The molecule has 0 spiro atoms. The Morgan fingerprint density at radius 1 is 1.16 bits per heavy atom. The van der Waals surface area contributed by atoms with Crippen LogP contribution in [0.1, 0.15) is 15.9 Å². The molecule has 0 unspecified atom stereocenters. The highest BCUT2D eigenvalue weighted by atomic mass is 16.1. The highest BCUT2D eigenvalue weighted by molar-refractivity contribution is 5.95. The van der Waals surface area contributed by atoms with Crippen molar-refractivity contribution in [1.29, 1.82) is 0 Å². The van der Waals surface area contributed by atoms with Gasteiger partial charge in [-0.25, -0.2) is 0 Å². The van der Waals surface area contributed by atoms with Crippen LogP contribution in [0.2, 0.25) is 0 Å². The molecule has 1 amide bonds. The Morgan fingerprint density at radius 2 is 2.08 bits per heavy atom. The van der Waals surface area contributed by atoms with Crippen molar-refractivity contribution in [2.24, 2.45) is 0 Å². The summed E-state index contributed by atoms with van der Waals surface area (Å²) in [6, 6.07) is 16.1. The second-order valence-electron chi connectivity index (χ2n) is 6.19. The first kappa shape index (κ1) is 15.4. The summed E-state index contributed by atoms with van der Waals surface area (Å²) >= 11 is 0. The van der Waals surface area contributed by atoms with E-state index < -0.39 is 0 Å². The van der Waals surface area contributed by atoms with E-state index in [1.807, 2.05) is 30.5 Å². The maximum absolute atomic E-state index is 12.4. The molecule has 0 radical (unpaired) electrons. The fourth-order valence-corrected chi connectivity index (χ4v) is 3.29. The summed E-state index contributed by atoms with van der Waals surface area (Å²) in [5.41, 5.74) is 5.30. The number of fused-ring (bicyclic) bond motifs is 1. The van der Waals surface area contributed by atoms with Crippen LogP contribution < -0.4 is 10.2 Å². The molecule has 1 aliphatic heterocycles. The van der Waals surface area contributed by atoms with Crippen LogP contribution in [-0.4, -0.2) is 35.7 Å². The average molecular weight is 332 g/mol. The fourth-order valence-electron chi connectivity index (χ4n) is 3.29. The maximum Gasteiger partial charge on any atom is 0.251 e. The lowest BCUT2D eigenvalue weighted by Crippen LogP contribution is -2.34. The van der Waals surface area contributed by atoms with E-state index in [0.717, 1.165) is 30.6 Å².